The molecule has 30 heavy (non-hydrogen) atoms. The van der Waals surface area contributed by atoms with Gasteiger partial charge in [0, 0.05) is 16.8 Å². The van der Waals surface area contributed by atoms with E-state index >= 15 is 0 Å². The maximum Gasteiger partial charge on any atom is 0.194 e. The van der Waals surface area contributed by atoms with Crippen LogP contribution in [0.3, 0.4) is 0 Å². The molecule has 143 valence electrons. The molecule has 0 fully saturated rings. The highest BCUT2D eigenvalue weighted by atomic mass is 16.1. The van der Waals surface area contributed by atoms with Crippen molar-refractivity contribution in [3.8, 4) is 22.3 Å². The standard InChI is InChI=1S/C26H19BNO2/c28-26-15-23(22-7-3-19(17-30)4-8-22)11-14-25(26)27-24-12-9-21(10-13-24)20-5-1-18(16-29)2-6-20/h1-17H,28H2. The van der Waals surface area contributed by atoms with Crippen molar-refractivity contribution in [1.29, 1.82) is 0 Å². The number of rotatable bonds is 6. The van der Waals surface area contributed by atoms with Crippen LogP contribution in [-0.2, 0) is 0 Å². The lowest BCUT2D eigenvalue weighted by molar-refractivity contribution is 0.111. The summed E-state index contributed by atoms with van der Waals surface area (Å²) in [5.74, 6) is 0. The summed E-state index contributed by atoms with van der Waals surface area (Å²) >= 11 is 0. The Kier molecular flexibility index (Phi) is 5.58. The van der Waals surface area contributed by atoms with E-state index in [2.05, 4.69) is 24.3 Å². The quantitative estimate of drug-likeness (QED) is 0.310. The predicted molar refractivity (Wildman–Crippen MR) is 124 cm³/mol. The van der Waals surface area contributed by atoms with Crippen molar-refractivity contribution in [2.24, 2.45) is 0 Å². The van der Waals surface area contributed by atoms with Gasteiger partial charge < -0.3 is 5.73 Å². The average molecular weight is 388 g/mol. The Balaban J connectivity index is 1.50. The summed E-state index contributed by atoms with van der Waals surface area (Å²) < 4.78 is 0. The van der Waals surface area contributed by atoms with E-state index in [4.69, 9.17) is 5.73 Å². The Labute approximate surface area is 176 Å². The van der Waals surface area contributed by atoms with Crippen molar-refractivity contribution in [3.63, 3.8) is 0 Å². The molecule has 4 aromatic carbocycles. The molecule has 0 spiro atoms. The Morgan fingerprint density at radius 3 is 1.47 bits per heavy atom. The monoisotopic (exact) mass is 388 g/mol. The van der Waals surface area contributed by atoms with E-state index in [-0.39, 0.29) is 0 Å². The molecule has 1 radical (unpaired) electrons. The van der Waals surface area contributed by atoms with E-state index in [0.717, 1.165) is 45.8 Å². The summed E-state index contributed by atoms with van der Waals surface area (Å²) in [5.41, 5.74) is 14.5. The van der Waals surface area contributed by atoms with Crippen molar-refractivity contribution in [1.82, 2.24) is 0 Å². The van der Waals surface area contributed by atoms with Crippen molar-refractivity contribution in [3.05, 3.63) is 102 Å². The maximum atomic E-state index is 10.8. The molecule has 0 saturated heterocycles. The molecule has 0 aliphatic heterocycles. The second-order valence-electron chi connectivity index (χ2n) is 7.09. The topological polar surface area (TPSA) is 60.2 Å². The Morgan fingerprint density at radius 1 is 0.567 bits per heavy atom. The Hall–Kier alpha value is -3.92. The number of nitrogens with two attached hydrogens (primary N) is 1. The van der Waals surface area contributed by atoms with Crippen LogP contribution in [0.5, 0.6) is 0 Å². The lowest BCUT2D eigenvalue weighted by atomic mass is 9.63. The van der Waals surface area contributed by atoms with Gasteiger partial charge in [-0.2, -0.15) is 0 Å². The number of hydrogen-bond acceptors (Lipinski definition) is 3. The van der Waals surface area contributed by atoms with Crippen molar-refractivity contribution < 1.29 is 9.59 Å². The first-order valence-electron chi connectivity index (χ1n) is 9.62. The number of carbonyl (C=O) groups is 2. The second-order valence-corrected chi connectivity index (χ2v) is 7.09. The van der Waals surface area contributed by atoms with Crippen LogP contribution in [0.4, 0.5) is 5.69 Å². The number of hydrogen-bond donors (Lipinski definition) is 1. The Bertz CT molecular complexity index is 1180. The molecule has 0 unspecified atom stereocenters. The number of anilines is 1. The molecular weight excluding hydrogens is 369 g/mol. The molecule has 4 heteroatoms. The molecule has 4 rings (SSSR count). The minimum absolute atomic E-state index is 0.653. The van der Waals surface area contributed by atoms with Gasteiger partial charge in [-0.05, 0) is 28.3 Å². The normalized spacial score (nSPS) is 10.4. The SMILES string of the molecule is Nc1cc(-c2ccc(C=O)cc2)ccc1[B]c1ccc(-c2ccc(C=O)cc2)cc1. The predicted octanol–water partition coefficient (Wildman–Crippen LogP) is 3.88. The third-order valence-corrected chi connectivity index (χ3v) is 5.08. The summed E-state index contributed by atoms with van der Waals surface area (Å²) in [5, 5.41) is 0. The Morgan fingerprint density at radius 2 is 1.00 bits per heavy atom. The van der Waals surface area contributed by atoms with E-state index in [1.54, 1.807) is 12.1 Å². The van der Waals surface area contributed by atoms with Gasteiger partial charge in [0.05, 0.1) is 0 Å². The zero-order valence-corrected chi connectivity index (χ0v) is 16.3. The number of aldehydes is 2. The van der Waals surface area contributed by atoms with E-state index in [9.17, 15) is 9.59 Å². The van der Waals surface area contributed by atoms with Crippen LogP contribution in [0.2, 0.25) is 0 Å². The molecule has 0 bridgehead atoms. The molecule has 0 saturated carbocycles. The molecule has 0 heterocycles. The smallest absolute Gasteiger partial charge is 0.194 e. The van der Waals surface area contributed by atoms with Gasteiger partial charge in [-0.3, -0.25) is 9.59 Å². The fraction of sp³-hybridized carbons (Fsp3) is 0. The third-order valence-electron chi connectivity index (χ3n) is 5.08. The van der Waals surface area contributed by atoms with Crippen LogP contribution in [-0.4, -0.2) is 19.9 Å². The highest BCUT2D eigenvalue weighted by Crippen LogP contribution is 2.21. The van der Waals surface area contributed by atoms with Gasteiger partial charge in [-0.15, -0.1) is 0 Å². The molecule has 0 atom stereocenters. The first-order chi connectivity index (χ1) is 14.7. The van der Waals surface area contributed by atoms with E-state index in [0.29, 0.717) is 16.8 Å². The molecular formula is C26H19BNO2. The van der Waals surface area contributed by atoms with Crippen LogP contribution in [0.25, 0.3) is 22.3 Å². The first-order valence-corrected chi connectivity index (χ1v) is 9.62. The van der Waals surface area contributed by atoms with Crippen LogP contribution >= 0.6 is 0 Å². The minimum Gasteiger partial charge on any atom is -0.399 e. The largest absolute Gasteiger partial charge is 0.399 e. The third kappa shape index (κ3) is 4.23. The first kappa shape index (κ1) is 19.4. The van der Waals surface area contributed by atoms with Crippen molar-refractivity contribution >= 4 is 36.5 Å². The van der Waals surface area contributed by atoms with Crippen molar-refractivity contribution in [2.75, 3.05) is 5.73 Å². The summed E-state index contributed by atoms with van der Waals surface area (Å²) in [6.45, 7) is 0. The molecule has 0 amide bonds. The minimum atomic E-state index is 0.653. The van der Waals surface area contributed by atoms with Gasteiger partial charge in [-0.1, -0.05) is 95.9 Å². The highest BCUT2D eigenvalue weighted by molar-refractivity contribution is 6.68. The molecule has 0 aliphatic rings. The van der Waals surface area contributed by atoms with Crippen LogP contribution in [0.15, 0.2) is 91.0 Å². The van der Waals surface area contributed by atoms with E-state index in [1.165, 1.54) is 0 Å². The van der Waals surface area contributed by atoms with Crippen LogP contribution < -0.4 is 16.7 Å². The molecule has 0 aliphatic carbocycles. The second kappa shape index (κ2) is 8.62. The lowest BCUT2D eigenvalue weighted by Gasteiger charge is -2.09. The van der Waals surface area contributed by atoms with Crippen LogP contribution in [0, 0.1) is 0 Å². The maximum absolute atomic E-state index is 10.8. The number of nitrogen functional groups attached to an aromatic ring is 1. The average Bonchev–Trinajstić information content (AvgIpc) is 2.81. The van der Waals surface area contributed by atoms with E-state index in [1.807, 2.05) is 61.9 Å². The van der Waals surface area contributed by atoms with Gasteiger partial charge in [0.15, 0.2) is 7.28 Å². The van der Waals surface area contributed by atoms with E-state index < -0.39 is 0 Å². The van der Waals surface area contributed by atoms with Crippen molar-refractivity contribution in [2.45, 2.75) is 0 Å². The van der Waals surface area contributed by atoms with Gasteiger partial charge in [0.2, 0.25) is 0 Å². The summed E-state index contributed by atoms with van der Waals surface area (Å²) in [4.78, 5) is 21.6. The zero-order valence-electron chi connectivity index (χ0n) is 16.3. The zero-order chi connectivity index (χ0) is 20.9. The fourth-order valence-corrected chi connectivity index (χ4v) is 3.35. The summed E-state index contributed by atoms with van der Waals surface area (Å²) in [6, 6.07) is 29.2. The van der Waals surface area contributed by atoms with Gasteiger partial charge in [0.25, 0.3) is 0 Å². The van der Waals surface area contributed by atoms with Gasteiger partial charge >= 0.3 is 0 Å². The number of benzene rings is 4. The molecule has 3 nitrogen and oxygen atoms in total. The fourth-order valence-electron chi connectivity index (χ4n) is 3.35. The van der Waals surface area contributed by atoms with Gasteiger partial charge in [-0.25, -0.2) is 0 Å². The summed E-state index contributed by atoms with van der Waals surface area (Å²) in [7, 11) is 2.05. The van der Waals surface area contributed by atoms with Gasteiger partial charge in [0.1, 0.15) is 12.6 Å². The molecule has 0 aromatic heterocycles. The molecule has 2 N–H and O–H groups in total. The lowest BCUT2D eigenvalue weighted by Crippen LogP contribution is -2.29. The summed E-state index contributed by atoms with van der Waals surface area (Å²) in [6.07, 6.45) is 1.68. The molecule has 4 aromatic rings. The van der Waals surface area contributed by atoms with Crippen LogP contribution in [0.1, 0.15) is 20.7 Å². The number of carbonyl (C=O) groups excluding carboxylic acids is 2. The highest BCUT2D eigenvalue weighted by Gasteiger charge is 2.07.